The Morgan fingerprint density at radius 1 is 0.466 bits per heavy atom. The highest BCUT2D eigenvalue weighted by atomic mass is 31.2. The van der Waals surface area contributed by atoms with E-state index in [1.54, 1.807) is 0 Å². The summed E-state index contributed by atoms with van der Waals surface area (Å²) >= 11 is 0. The van der Waals surface area contributed by atoms with Gasteiger partial charge in [-0.3, -0.25) is 18.6 Å². The predicted molar refractivity (Wildman–Crippen MR) is 314 cm³/mol. The number of hydrogen-bond acceptors (Lipinski definition) is 6. The second-order valence-electron chi connectivity index (χ2n) is 22.9. The van der Waals surface area contributed by atoms with Crippen molar-refractivity contribution in [3.8, 4) is 0 Å². The Morgan fingerprint density at radius 3 is 1.16 bits per heavy atom. The Labute approximate surface area is 454 Å². The Morgan fingerprint density at radius 2 is 0.795 bits per heavy atom. The molecule has 0 saturated carbocycles. The molecule has 432 valence electrons. The van der Waals surface area contributed by atoms with Crippen molar-refractivity contribution < 1.29 is 37.3 Å². The van der Waals surface area contributed by atoms with Gasteiger partial charge in [-0.1, -0.05) is 270 Å². The highest BCUT2D eigenvalue weighted by molar-refractivity contribution is 7.47. The molecular formula is C63H124N2O7P+. The monoisotopic (exact) mass is 1050 g/mol. The number of phosphoric acid groups is 1. The number of rotatable bonds is 58. The normalized spacial score (nSPS) is 13.8. The van der Waals surface area contributed by atoms with E-state index >= 15 is 0 Å². The second kappa shape index (κ2) is 53.9. The van der Waals surface area contributed by atoms with Gasteiger partial charge < -0.3 is 19.4 Å². The van der Waals surface area contributed by atoms with Crippen molar-refractivity contribution in [1.82, 2.24) is 5.32 Å². The van der Waals surface area contributed by atoms with Crippen molar-refractivity contribution >= 4 is 19.7 Å². The van der Waals surface area contributed by atoms with Gasteiger partial charge in [0.15, 0.2) is 0 Å². The topological polar surface area (TPSA) is 111 Å². The van der Waals surface area contributed by atoms with E-state index in [0.717, 1.165) is 57.8 Å². The van der Waals surface area contributed by atoms with Crippen LogP contribution in [-0.2, 0) is 27.9 Å². The fraction of sp³-hybridized carbons (Fsp3) is 0.905. The molecule has 0 fully saturated rings. The molecule has 2 N–H and O–H groups in total. The summed E-state index contributed by atoms with van der Waals surface area (Å²) < 4.78 is 30.7. The molecule has 0 rings (SSSR count). The third kappa shape index (κ3) is 55.1. The first-order valence-electron chi connectivity index (χ1n) is 31.7. The average Bonchev–Trinajstić information content (AvgIpc) is 3.35. The minimum Gasteiger partial charge on any atom is -0.456 e. The SMILES string of the molecule is CCCCCCCC/C=C/CCCCCCCCCC(=O)NC(COP(=O)(O)OCC[N+](C)(C)C)C(/C=C/CCCCCCCCCCC)OC(=O)CCCCCCCCCCCCCCCCCCCCC. The molecule has 1 amide bonds. The number of hydrogen-bond donors (Lipinski definition) is 2. The summed E-state index contributed by atoms with van der Waals surface area (Å²) in [4.78, 5) is 37.7. The van der Waals surface area contributed by atoms with Gasteiger partial charge in [-0.05, 0) is 57.4 Å². The van der Waals surface area contributed by atoms with Gasteiger partial charge in [0, 0.05) is 12.8 Å². The molecule has 0 aromatic heterocycles. The molecule has 3 unspecified atom stereocenters. The fourth-order valence-corrected chi connectivity index (χ4v) is 10.2. The van der Waals surface area contributed by atoms with Crippen LogP contribution in [0.15, 0.2) is 24.3 Å². The van der Waals surface area contributed by atoms with Gasteiger partial charge in [-0.2, -0.15) is 0 Å². The summed E-state index contributed by atoms with van der Waals surface area (Å²) in [7, 11) is 1.51. The number of phosphoric ester groups is 1. The van der Waals surface area contributed by atoms with Gasteiger partial charge >= 0.3 is 13.8 Å². The maximum atomic E-state index is 13.5. The number of likely N-dealkylation sites (N-methyl/N-ethyl adjacent to an activating group) is 1. The summed E-state index contributed by atoms with van der Waals surface area (Å²) in [5.74, 6) is -0.494. The van der Waals surface area contributed by atoms with E-state index in [1.807, 2.05) is 33.3 Å². The minimum absolute atomic E-state index is 0.0428. The number of amides is 1. The second-order valence-corrected chi connectivity index (χ2v) is 24.4. The number of unbranched alkanes of at least 4 members (excludes halogenated alkanes) is 40. The van der Waals surface area contributed by atoms with Crippen molar-refractivity contribution in [3.05, 3.63) is 24.3 Å². The lowest BCUT2D eigenvalue weighted by molar-refractivity contribution is -0.870. The van der Waals surface area contributed by atoms with Crippen LogP contribution in [0.1, 0.15) is 316 Å². The van der Waals surface area contributed by atoms with E-state index in [1.165, 1.54) is 225 Å². The molecule has 0 spiro atoms. The standard InChI is InChI=1S/C63H123N2O7P/c1-7-10-13-16-19-22-25-27-29-31-32-34-36-38-41-44-47-50-53-56-63(67)72-61(54-51-48-45-42-39-24-21-18-15-12-9-3)60(59-71-73(68,69)70-58-57-65(4,5)6)64-62(66)55-52-49-46-43-40-37-35-33-30-28-26-23-20-17-14-11-8-2/h28,30,51,54,60-61H,7-27,29,31-50,52-53,55-59H2,1-6H3,(H-,64,66,68,69)/p+1/b30-28+,54-51+. The number of carbonyl (C=O) groups is 2. The number of allylic oxidation sites excluding steroid dienone is 3. The number of nitrogens with one attached hydrogen (secondary N) is 1. The molecule has 0 aromatic carbocycles. The van der Waals surface area contributed by atoms with Crippen LogP contribution in [0.4, 0.5) is 0 Å². The predicted octanol–water partition coefficient (Wildman–Crippen LogP) is 19.3. The van der Waals surface area contributed by atoms with Gasteiger partial charge in [0.25, 0.3) is 0 Å². The average molecular weight is 1050 g/mol. The zero-order chi connectivity index (χ0) is 53.6. The van der Waals surface area contributed by atoms with E-state index in [-0.39, 0.29) is 25.1 Å². The van der Waals surface area contributed by atoms with Crippen LogP contribution in [0, 0.1) is 0 Å². The summed E-state index contributed by atoms with van der Waals surface area (Å²) in [6, 6.07) is -0.844. The van der Waals surface area contributed by atoms with Gasteiger partial charge in [0.05, 0.1) is 33.8 Å². The van der Waals surface area contributed by atoms with E-state index < -0.39 is 20.0 Å². The van der Waals surface area contributed by atoms with Crippen LogP contribution in [0.3, 0.4) is 0 Å². The number of carbonyl (C=O) groups excluding carboxylic acids is 2. The lowest BCUT2D eigenvalue weighted by atomic mass is 10.0. The van der Waals surface area contributed by atoms with E-state index in [9.17, 15) is 19.0 Å². The molecule has 9 nitrogen and oxygen atoms in total. The summed E-state index contributed by atoms with van der Waals surface area (Å²) in [5.41, 5.74) is 0. The summed E-state index contributed by atoms with van der Waals surface area (Å²) in [6.07, 6.45) is 63.2. The Kier molecular flexibility index (Phi) is 52.8. The van der Waals surface area contributed by atoms with E-state index in [2.05, 4.69) is 38.2 Å². The molecule has 0 aromatic rings. The maximum absolute atomic E-state index is 13.5. The molecular weight excluding hydrogens is 928 g/mol. The molecule has 0 bridgehead atoms. The zero-order valence-corrected chi connectivity index (χ0v) is 50.3. The van der Waals surface area contributed by atoms with Crippen LogP contribution in [-0.4, -0.2) is 74.3 Å². The number of quaternary nitrogens is 1. The van der Waals surface area contributed by atoms with Gasteiger partial charge in [-0.15, -0.1) is 0 Å². The van der Waals surface area contributed by atoms with Crippen LogP contribution >= 0.6 is 7.82 Å². The summed E-state index contributed by atoms with van der Waals surface area (Å²) in [5, 5.41) is 3.06. The Hall–Kier alpha value is -1.51. The molecule has 0 radical (unpaired) electrons. The third-order valence-electron chi connectivity index (χ3n) is 14.4. The van der Waals surface area contributed by atoms with E-state index in [0.29, 0.717) is 23.9 Å². The molecule has 0 aliphatic carbocycles. The first-order chi connectivity index (χ1) is 35.4. The largest absolute Gasteiger partial charge is 0.472 e. The van der Waals surface area contributed by atoms with Crippen molar-refractivity contribution in [2.24, 2.45) is 0 Å². The smallest absolute Gasteiger partial charge is 0.456 e. The molecule has 0 saturated heterocycles. The lowest BCUT2D eigenvalue weighted by Crippen LogP contribution is -2.47. The summed E-state index contributed by atoms with van der Waals surface area (Å²) in [6.45, 7) is 7.04. The number of esters is 1. The van der Waals surface area contributed by atoms with Crippen LogP contribution in [0.2, 0.25) is 0 Å². The van der Waals surface area contributed by atoms with Crippen molar-refractivity contribution in [1.29, 1.82) is 0 Å². The van der Waals surface area contributed by atoms with E-state index in [4.69, 9.17) is 13.8 Å². The van der Waals surface area contributed by atoms with Gasteiger partial charge in [0.1, 0.15) is 19.3 Å². The molecule has 0 heterocycles. The minimum atomic E-state index is -4.44. The van der Waals surface area contributed by atoms with Gasteiger partial charge in [-0.25, -0.2) is 4.57 Å². The quantitative estimate of drug-likeness (QED) is 0.0205. The molecule has 73 heavy (non-hydrogen) atoms. The van der Waals surface area contributed by atoms with Crippen LogP contribution < -0.4 is 5.32 Å². The first-order valence-corrected chi connectivity index (χ1v) is 33.2. The molecule has 0 aliphatic rings. The Balaban J connectivity index is 5.17. The van der Waals surface area contributed by atoms with Crippen molar-refractivity contribution in [3.63, 3.8) is 0 Å². The third-order valence-corrected chi connectivity index (χ3v) is 15.4. The van der Waals surface area contributed by atoms with Gasteiger partial charge in [0.2, 0.25) is 5.91 Å². The first kappa shape index (κ1) is 71.5. The number of ether oxygens (including phenoxy) is 1. The zero-order valence-electron chi connectivity index (χ0n) is 49.4. The van der Waals surface area contributed by atoms with Crippen LogP contribution in [0.5, 0.6) is 0 Å². The Bertz CT molecular complexity index is 1300. The molecule has 0 aliphatic heterocycles. The van der Waals surface area contributed by atoms with Crippen molar-refractivity contribution in [2.75, 3.05) is 40.9 Å². The van der Waals surface area contributed by atoms with Crippen molar-refractivity contribution in [2.45, 2.75) is 328 Å². The highest BCUT2D eigenvalue weighted by Crippen LogP contribution is 2.43. The molecule has 3 atom stereocenters. The fourth-order valence-electron chi connectivity index (χ4n) is 9.47. The highest BCUT2D eigenvalue weighted by Gasteiger charge is 2.30. The molecule has 10 heteroatoms. The van der Waals surface area contributed by atoms with Crippen LogP contribution in [0.25, 0.3) is 0 Å². The maximum Gasteiger partial charge on any atom is 0.472 e. The lowest BCUT2D eigenvalue weighted by Gasteiger charge is -2.27. The number of nitrogens with zero attached hydrogens (tertiary/aromatic N) is 1.